The second-order valence-electron chi connectivity index (χ2n) is 3.41. The molecule has 1 N–H and O–H groups in total. The van der Waals surface area contributed by atoms with Crippen LogP contribution in [0.25, 0.3) is 0 Å². The molecule has 0 aliphatic rings. The van der Waals surface area contributed by atoms with E-state index in [0.29, 0.717) is 12.8 Å². The molecule has 3 nitrogen and oxygen atoms in total. The summed E-state index contributed by atoms with van der Waals surface area (Å²) in [6.45, 7) is 2.11. The molecule has 4 heteroatoms. The second-order valence-corrected chi connectivity index (χ2v) is 3.41. The fourth-order valence-corrected chi connectivity index (χ4v) is 1.26. The maximum Gasteiger partial charge on any atom is 1.00 e. The summed E-state index contributed by atoms with van der Waals surface area (Å²) in [5.41, 5.74) is 0. The number of unbranched alkanes of at least 4 members (excludes halogenated alkanes) is 2. The number of rotatable bonds is 8. The van der Waals surface area contributed by atoms with Crippen LogP contribution < -0.4 is 34.7 Å². The first kappa shape index (κ1) is 16.8. The fourth-order valence-electron chi connectivity index (χ4n) is 1.26. The molecule has 0 saturated carbocycles. The number of carboxylic acids is 1. The van der Waals surface area contributed by atoms with E-state index in [1.807, 2.05) is 0 Å². The molecule has 80 valence electrons. The van der Waals surface area contributed by atoms with Gasteiger partial charge in [0.15, 0.2) is 0 Å². The van der Waals surface area contributed by atoms with Crippen molar-refractivity contribution < 1.29 is 46.0 Å². The van der Waals surface area contributed by atoms with Crippen molar-refractivity contribution in [1.82, 2.24) is 0 Å². The molecule has 0 aromatic carbocycles. The van der Waals surface area contributed by atoms with Crippen molar-refractivity contribution in [2.24, 2.45) is 0 Å². The first-order chi connectivity index (χ1) is 6.16. The second kappa shape index (κ2) is 11.5. The Balaban J connectivity index is -0.000000720. The maximum atomic E-state index is 10.0. The van der Waals surface area contributed by atoms with Crippen molar-refractivity contribution in [3.05, 3.63) is 0 Å². The van der Waals surface area contributed by atoms with E-state index in [9.17, 15) is 15.0 Å². The smallest absolute Gasteiger partial charge is 1.00 e. The molecule has 0 aliphatic carbocycles. The first-order valence-electron chi connectivity index (χ1n) is 5.04. The molecule has 1 atom stereocenters. The summed E-state index contributed by atoms with van der Waals surface area (Å²) < 4.78 is 0. The van der Waals surface area contributed by atoms with Crippen molar-refractivity contribution in [3.63, 3.8) is 0 Å². The molecule has 1 unspecified atom stereocenters. The minimum Gasteiger partial charge on any atom is -1.00 e. The topological polar surface area (TPSA) is 60.4 Å². The van der Waals surface area contributed by atoms with Crippen molar-refractivity contribution in [3.8, 4) is 0 Å². The largest absolute Gasteiger partial charge is 1.00 e. The van der Waals surface area contributed by atoms with Crippen molar-refractivity contribution in [1.29, 1.82) is 0 Å². The van der Waals surface area contributed by atoms with Crippen LogP contribution in [0.2, 0.25) is 0 Å². The third-order valence-corrected chi connectivity index (χ3v) is 2.06. The number of aliphatic hydroxyl groups is 1. The van der Waals surface area contributed by atoms with Gasteiger partial charge in [0, 0.05) is 5.97 Å². The molecule has 0 aromatic rings. The summed E-state index contributed by atoms with van der Waals surface area (Å²) in [6, 6.07) is 0. The molecule has 0 fully saturated rings. The Hall–Kier alpha value is 0.430. The van der Waals surface area contributed by atoms with Crippen LogP contribution in [0, 0.1) is 0 Å². The van der Waals surface area contributed by atoms with E-state index in [1.165, 1.54) is 0 Å². The minimum atomic E-state index is -1.03. The van der Waals surface area contributed by atoms with E-state index in [4.69, 9.17) is 0 Å². The van der Waals surface area contributed by atoms with Gasteiger partial charge in [0.1, 0.15) is 0 Å². The average Bonchev–Trinajstić information content (AvgIpc) is 2.04. The van der Waals surface area contributed by atoms with Crippen LogP contribution in [0.1, 0.15) is 53.3 Å². The number of aliphatic hydroxyl groups excluding tert-OH is 1. The molecule has 14 heavy (non-hydrogen) atoms. The predicted octanol–water partition coefficient (Wildman–Crippen LogP) is -2.04. The van der Waals surface area contributed by atoms with Gasteiger partial charge in [0.25, 0.3) is 0 Å². The SMILES string of the molecule is CCCCCC(O)CCCC(=O)[O-].[H-].[Na+]. The fraction of sp³-hybridized carbons (Fsp3) is 0.900. The van der Waals surface area contributed by atoms with E-state index < -0.39 is 5.97 Å². The summed E-state index contributed by atoms with van der Waals surface area (Å²) in [5, 5.41) is 19.4. The normalized spacial score (nSPS) is 11.9. The van der Waals surface area contributed by atoms with Gasteiger partial charge >= 0.3 is 29.6 Å². The number of carbonyl (C=O) groups is 1. The predicted molar refractivity (Wildman–Crippen MR) is 50.1 cm³/mol. The maximum absolute atomic E-state index is 10.0. The Bertz CT molecular complexity index is 145. The van der Waals surface area contributed by atoms with Gasteiger partial charge in [-0.1, -0.05) is 26.2 Å². The molecule has 0 radical (unpaired) electrons. The van der Waals surface area contributed by atoms with Gasteiger partial charge in [0.05, 0.1) is 6.10 Å². The Morgan fingerprint density at radius 2 is 1.93 bits per heavy atom. The summed E-state index contributed by atoms with van der Waals surface area (Å²) >= 11 is 0. The van der Waals surface area contributed by atoms with Crippen molar-refractivity contribution in [2.45, 2.75) is 58.0 Å². The molecule has 0 aromatic heterocycles. The summed E-state index contributed by atoms with van der Waals surface area (Å²) in [6.07, 6.45) is 4.94. The number of carboxylic acid groups (broad SMARTS) is 1. The Morgan fingerprint density at radius 1 is 1.36 bits per heavy atom. The zero-order chi connectivity index (χ0) is 10.1. The van der Waals surface area contributed by atoms with Gasteiger partial charge in [0.2, 0.25) is 0 Å². The van der Waals surface area contributed by atoms with Crippen molar-refractivity contribution >= 4 is 5.97 Å². The third-order valence-electron chi connectivity index (χ3n) is 2.06. The summed E-state index contributed by atoms with van der Waals surface area (Å²) in [5.74, 6) is -1.03. The van der Waals surface area contributed by atoms with Gasteiger partial charge in [-0.05, 0) is 25.7 Å². The van der Waals surface area contributed by atoms with E-state index in [0.717, 1.165) is 25.7 Å². The number of carbonyl (C=O) groups excluding carboxylic acids is 1. The molecule has 0 rings (SSSR count). The van der Waals surface area contributed by atoms with E-state index >= 15 is 0 Å². The molecule has 0 saturated heterocycles. The van der Waals surface area contributed by atoms with Gasteiger partial charge in [-0.2, -0.15) is 0 Å². The van der Waals surface area contributed by atoms with Crippen LogP contribution in [0.15, 0.2) is 0 Å². The van der Waals surface area contributed by atoms with E-state index in [-0.39, 0.29) is 43.5 Å². The van der Waals surface area contributed by atoms with Crippen LogP contribution in [0.4, 0.5) is 0 Å². The standard InChI is InChI=1S/C10H20O3.Na.H/c1-2-3-4-6-9(11)7-5-8-10(12)13;;/h9,11H,2-8H2,1H3,(H,12,13);;/q;+1;-1/p-1. The Morgan fingerprint density at radius 3 is 2.43 bits per heavy atom. The summed E-state index contributed by atoms with van der Waals surface area (Å²) in [4.78, 5) is 10.0. The van der Waals surface area contributed by atoms with E-state index in [2.05, 4.69) is 6.92 Å². The van der Waals surface area contributed by atoms with Crippen LogP contribution in [0.5, 0.6) is 0 Å². The number of hydrogen-bond donors (Lipinski definition) is 1. The molecule has 0 heterocycles. The Labute approximate surface area is 110 Å². The molecule has 0 spiro atoms. The quantitative estimate of drug-likeness (QED) is 0.372. The van der Waals surface area contributed by atoms with Crippen molar-refractivity contribution in [2.75, 3.05) is 0 Å². The van der Waals surface area contributed by atoms with Crippen LogP contribution in [0.3, 0.4) is 0 Å². The van der Waals surface area contributed by atoms with E-state index in [1.54, 1.807) is 0 Å². The molecular formula is C10H20NaO3-. The average molecular weight is 211 g/mol. The Kier molecular flexibility index (Phi) is 13.8. The molecule has 0 bridgehead atoms. The van der Waals surface area contributed by atoms with Gasteiger partial charge in [-0.15, -0.1) is 0 Å². The third kappa shape index (κ3) is 12.4. The van der Waals surface area contributed by atoms with Crippen LogP contribution >= 0.6 is 0 Å². The molecular weight excluding hydrogens is 191 g/mol. The zero-order valence-corrected chi connectivity index (χ0v) is 11.3. The minimum absolute atomic E-state index is 0. The van der Waals surface area contributed by atoms with Gasteiger partial charge < -0.3 is 16.4 Å². The monoisotopic (exact) mass is 211 g/mol. The number of aliphatic carboxylic acids is 1. The zero-order valence-electron chi connectivity index (χ0n) is 10.3. The van der Waals surface area contributed by atoms with Crippen LogP contribution in [-0.2, 0) is 4.79 Å². The molecule has 0 aliphatic heterocycles. The first-order valence-corrected chi connectivity index (χ1v) is 5.04. The number of hydrogen-bond acceptors (Lipinski definition) is 3. The van der Waals surface area contributed by atoms with Gasteiger partial charge in [-0.3, -0.25) is 0 Å². The molecule has 0 amide bonds. The van der Waals surface area contributed by atoms with Gasteiger partial charge in [-0.25, -0.2) is 0 Å². The van der Waals surface area contributed by atoms with Crippen LogP contribution in [-0.4, -0.2) is 17.2 Å². The summed E-state index contributed by atoms with van der Waals surface area (Å²) in [7, 11) is 0.